The van der Waals surface area contributed by atoms with Crippen LogP contribution >= 0.6 is 0 Å². The van der Waals surface area contributed by atoms with Gasteiger partial charge in [-0.15, -0.1) is 0 Å². The highest BCUT2D eigenvalue weighted by molar-refractivity contribution is 5.93. The molecule has 0 aliphatic carbocycles. The molecule has 110 valence electrons. The first-order valence-electron chi connectivity index (χ1n) is 7.77. The van der Waals surface area contributed by atoms with Gasteiger partial charge in [-0.1, -0.05) is 42.5 Å². The fourth-order valence-electron chi connectivity index (χ4n) is 3.40. The van der Waals surface area contributed by atoms with E-state index in [4.69, 9.17) is 4.98 Å². The molecule has 0 saturated heterocycles. The molecule has 23 heavy (non-hydrogen) atoms. The van der Waals surface area contributed by atoms with Gasteiger partial charge in [-0.25, -0.2) is 4.98 Å². The Balaban J connectivity index is 2.07. The first-order chi connectivity index (χ1) is 11.3. The normalized spacial score (nSPS) is 11.7. The van der Waals surface area contributed by atoms with Gasteiger partial charge in [0.1, 0.15) is 0 Å². The summed E-state index contributed by atoms with van der Waals surface area (Å²) in [5.74, 6) is 0.960. The zero-order chi connectivity index (χ0) is 15.4. The lowest BCUT2D eigenvalue weighted by Crippen LogP contribution is -1.94. The molecule has 5 aromatic rings. The van der Waals surface area contributed by atoms with E-state index in [0.717, 1.165) is 22.5 Å². The van der Waals surface area contributed by atoms with Crippen LogP contribution in [0, 0.1) is 6.92 Å². The number of rotatable bonds is 1. The highest BCUT2D eigenvalue weighted by atomic mass is 15.2. The fraction of sp³-hybridized carbons (Fsp3) is 0.0500. The molecule has 5 rings (SSSR count). The molecule has 0 atom stereocenters. The van der Waals surface area contributed by atoms with Gasteiger partial charge in [0.05, 0.1) is 22.1 Å². The maximum atomic E-state index is 4.95. The Morgan fingerprint density at radius 2 is 1.39 bits per heavy atom. The first-order valence-corrected chi connectivity index (χ1v) is 7.77. The lowest BCUT2D eigenvalue weighted by molar-refractivity contribution is 1.11. The molecule has 3 nitrogen and oxygen atoms in total. The molecule has 3 aromatic carbocycles. The molecule has 0 spiro atoms. The van der Waals surface area contributed by atoms with E-state index in [1.807, 2.05) is 6.07 Å². The summed E-state index contributed by atoms with van der Waals surface area (Å²) in [6.07, 6.45) is 0. The van der Waals surface area contributed by atoms with Gasteiger partial charge >= 0.3 is 0 Å². The molecular formula is C20H15N3. The van der Waals surface area contributed by atoms with E-state index >= 15 is 0 Å². The number of imidazole rings is 2. The highest BCUT2D eigenvalue weighted by Gasteiger charge is 2.16. The van der Waals surface area contributed by atoms with Crippen LogP contribution in [-0.2, 0) is 0 Å². The van der Waals surface area contributed by atoms with Crippen LogP contribution in [-0.4, -0.2) is 14.0 Å². The maximum Gasteiger partial charge on any atom is 0.220 e. The number of nitrogens with zero attached hydrogens (tertiary/aromatic N) is 3. The van der Waals surface area contributed by atoms with Gasteiger partial charge < -0.3 is 0 Å². The number of hydrogen-bond acceptors (Lipinski definition) is 1. The van der Waals surface area contributed by atoms with Crippen molar-refractivity contribution >= 4 is 27.8 Å². The number of aromatic nitrogens is 3. The van der Waals surface area contributed by atoms with E-state index in [0.29, 0.717) is 0 Å². The third kappa shape index (κ3) is 1.62. The Labute approximate surface area is 133 Å². The molecule has 0 aliphatic rings. The van der Waals surface area contributed by atoms with Crippen LogP contribution in [0.25, 0.3) is 33.5 Å². The van der Waals surface area contributed by atoms with Gasteiger partial charge in [0.15, 0.2) is 0 Å². The minimum atomic E-state index is 0.960. The minimum absolute atomic E-state index is 0.960. The van der Waals surface area contributed by atoms with E-state index in [1.165, 1.54) is 16.6 Å². The van der Waals surface area contributed by atoms with Crippen molar-refractivity contribution in [2.75, 3.05) is 0 Å². The summed E-state index contributed by atoms with van der Waals surface area (Å²) in [5, 5.41) is 0. The summed E-state index contributed by atoms with van der Waals surface area (Å²) in [6.45, 7) is 2.11. The molecule has 3 heteroatoms. The Kier molecular flexibility index (Phi) is 2.42. The lowest BCUT2D eigenvalue weighted by atomic mass is 10.2. The van der Waals surface area contributed by atoms with Crippen LogP contribution in [0.3, 0.4) is 0 Å². The number of para-hydroxylation sites is 4. The van der Waals surface area contributed by atoms with Crippen LogP contribution < -0.4 is 0 Å². The van der Waals surface area contributed by atoms with Gasteiger partial charge in [-0.05, 0) is 42.8 Å². The van der Waals surface area contributed by atoms with E-state index < -0.39 is 0 Å². The average Bonchev–Trinajstić information content (AvgIpc) is 3.11. The first kappa shape index (κ1) is 12.5. The van der Waals surface area contributed by atoms with Crippen molar-refractivity contribution < 1.29 is 0 Å². The summed E-state index contributed by atoms with van der Waals surface area (Å²) < 4.78 is 4.49. The van der Waals surface area contributed by atoms with Crippen molar-refractivity contribution in [3.05, 3.63) is 78.4 Å². The summed E-state index contributed by atoms with van der Waals surface area (Å²) >= 11 is 0. The third-order valence-electron chi connectivity index (χ3n) is 4.45. The number of fused-ring (bicyclic) bond motifs is 5. The molecular weight excluding hydrogens is 282 g/mol. The molecule has 0 aliphatic heterocycles. The largest absolute Gasteiger partial charge is 0.278 e. The van der Waals surface area contributed by atoms with Gasteiger partial charge in [-0.3, -0.25) is 8.97 Å². The maximum absolute atomic E-state index is 4.95. The summed E-state index contributed by atoms with van der Waals surface area (Å²) in [6, 6.07) is 25.2. The van der Waals surface area contributed by atoms with Crippen molar-refractivity contribution in [1.82, 2.24) is 14.0 Å². The molecule has 0 bridgehead atoms. The third-order valence-corrected chi connectivity index (χ3v) is 4.45. The second-order valence-electron chi connectivity index (χ2n) is 5.85. The molecule has 0 amide bonds. The Morgan fingerprint density at radius 1 is 0.696 bits per heavy atom. The molecule has 2 aromatic heterocycles. The van der Waals surface area contributed by atoms with Crippen molar-refractivity contribution in [2.45, 2.75) is 6.92 Å². The molecule has 2 heterocycles. The molecule has 0 unspecified atom stereocenters. The summed E-state index contributed by atoms with van der Waals surface area (Å²) in [7, 11) is 0. The average molecular weight is 297 g/mol. The minimum Gasteiger partial charge on any atom is -0.278 e. The molecule has 0 fully saturated rings. The lowest BCUT2D eigenvalue weighted by Gasteiger charge is -2.04. The standard InChI is InChI=1S/C20H15N3/c1-14-8-7-13-18-19(14)21-20-22(15-9-3-2-4-10-15)16-11-5-6-12-17(16)23(18)20/h2-13H,1H3. The van der Waals surface area contributed by atoms with Gasteiger partial charge in [0.2, 0.25) is 5.78 Å². The summed E-state index contributed by atoms with van der Waals surface area (Å²) in [4.78, 5) is 4.95. The SMILES string of the molecule is Cc1cccc2c1nc1n(-c3ccccc3)c3ccccc3n21. The Morgan fingerprint density at radius 3 is 2.22 bits per heavy atom. The quantitative estimate of drug-likeness (QED) is 0.438. The fourth-order valence-corrected chi connectivity index (χ4v) is 3.40. The Hall–Kier alpha value is -3.07. The van der Waals surface area contributed by atoms with Crippen molar-refractivity contribution in [3.8, 4) is 5.69 Å². The zero-order valence-electron chi connectivity index (χ0n) is 12.8. The van der Waals surface area contributed by atoms with E-state index in [1.54, 1.807) is 0 Å². The van der Waals surface area contributed by atoms with E-state index in [2.05, 4.69) is 82.6 Å². The van der Waals surface area contributed by atoms with Crippen LogP contribution in [0.15, 0.2) is 72.8 Å². The highest BCUT2D eigenvalue weighted by Crippen LogP contribution is 2.29. The van der Waals surface area contributed by atoms with Crippen LogP contribution in [0.1, 0.15) is 5.56 Å². The topological polar surface area (TPSA) is 22.2 Å². The number of aryl methyl sites for hydroxylation is 1. The second-order valence-corrected chi connectivity index (χ2v) is 5.85. The predicted octanol–water partition coefficient (Wildman–Crippen LogP) is 4.74. The van der Waals surface area contributed by atoms with Gasteiger partial charge in [0.25, 0.3) is 0 Å². The Bertz CT molecular complexity index is 1160. The smallest absolute Gasteiger partial charge is 0.220 e. The van der Waals surface area contributed by atoms with E-state index in [9.17, 15) is 0 Å². The molecule has 0 N–H and O–H groups in total. The van der Waals surface area contributed by atoms with Crippen molar-refractivity contribution in [1.29, 1.82) is 0 Å². The van der Waals surface area contributed by atoms with Crippen molar-refractivity contribution in [3.63, 3.8) is 0 Å². The second kappa shape index (κ2) is 4.46. The van der Waals surface area contributed by atoms with Gasteiger partial charge in [-0.2, -0.15) is 0 Å². The zero-order valence-corrected chi connectivity index (χ0v) is 12.8. The summed E-state index contributed by atoms with van der Waals surface area (Å²) in [5.41, 5.74) is 6.91. The predicted molar refractivity (Wildman–Crippen MR) is 94.3 cm³/mol. The van der Waals surface area contributed by atoms with Crippen LogP contribution in [0.4, 0.5) is 0 Å². The molecule has 0 saturated carbocycles. The van der Waals surface area contributed by atoms with Gasteiger partial charge in [0, 0.05) is 5.69 Å². The number of hydrogen-bond donors (Lipinski definition) is 0. The van der Waals surface area contributed by atoms with Crippen molar-refractivity contribution in [2.24, 2.45) is 0 Å². The van der Waals surface area contributed by atoms with Crippen LogP contribution in [0.2, 0.25) is 0 Å². The molecule has 0 radical (unpaired) electrons. The monoisotopic (exact) mass is 297 g/mol. The van der Waals surface area contributed by atoms with Crippen LogP contribution in [0.5, 0.6) is 0 Å². The van der Waals surface area contributed by atoms with E-state index in [-0.39, 0.29) is 0 Å². The number of benzene rings is 3.